The van der Waals surface area contributed by atoms with Gasteiger partial charge in [-0.1, -0.05) is 66.9 Å². The zero-order valence-electron chi connectivity index (χ0n) is 29.9. The molecule has 2 aliphatic heterocycles. The quantitative estimate of drug-likeness (QED) is 0.249. The van der Waals surface area contributed by atoms with Crippen LogP contribution in [0.5, 0.6) is 0 Å². The summed E-state index contributed by atoms with van der Waals surface area (Å²) in [6.07, 6.45) is 3.25. The summed E-state index contributed by atoms with van der Waals surface area (Å²) in [6, 6.07) is 5.52. The van der Waals surface area contributed by atoms with Gasteiger partial charge in [0.2, 0.25) is 11.4 Å². The highest BCUT2D eigenvalue weighted by atomic mass is 32.1. The molecule has 1 saturated carbocycles. The molecule has 0 radical (unpaired) electrons. The Bertz CT molecular complexity index is 1480. The van der Waals surface area contributed by atoms with Gasteiger partial charge in [0.05, 0.1) is 45.9 Å². The summed E-state index contributed by atoms with van der Waals surface area (Å²) in [5, 5.41) is 21.3. The summed E-state index contributed by atoms with van der Waals surface area (Å²) in [5.41, 5.74) is 3.53. The molecular formula is C38H54F3N2O4S+. The molecule has 1 aromatic carbocycles. The van der Waals surface area contributed by atoms with Crippen molar-refractivity contribution in [2.24, 2.45) is 10.8 Å². The fraction of sp³-hybridized carbons (Fsp3) is 0.684. The van der Waals surface area contributed by atoms with Crippen LogP contribution < -0.4 is 9.57 Å². The lowest BCUT2D eigenvalue weighted by molar-refractivity contribution is -0.897. The normalized spacial score (nSPS) is 22.8. The first kappa shape index (κ1) is 38.5. The molecule has 1 saturated heterocycles. The summed E-state index contributed by atoms with van der Waals surface area (Å²) in [4.78, 5) is 6.12. The van der Waals surface area contributed by atoms with E-state index in [1.54, 1.807) is 19.4 Å². The Morgan fingerprint density at radius 2 is 1.69 bits per heavy atom. The Hall–Kier alpha value is -2.32. The number of rotatable bonds is 3. The first-order valence-electron chi connectivity index (χ1n) is 17.2. The third-order valence-corrected chi connectivity index (χ3v) is 10.4. The number of halogens is 3. The van der Waals surface area contributed by atoms with E-state index in [0.717, 1.165) is 79.1 Å². The molecule has 2 unspecified atom stereocenters. The predicted molar refractivity (Wildman–Crippen MR) is 183 cm³/mol. The van der Waals surface area contributed by atoms with Gasteiger partial charge in [-0.15, -0.1) is 0 Å². The SMILES string of the molecule is CCC(C)(C)C.CO[n+]1c2c(c3c(c1C1CCOCC1)C(c1ccc(C(F)(F)F)c(C#N)c1)OC31CCCC1)C(O)CC(C)(C)C2.CS. The Kier molecular flexibility index (Phi) is 11.9. The zero-order valence-corrected chi connectivity index (χ0v) is 30.8. The van der Waals surface area contributed by atoms with Crippen molar-refractivity contribution in [2.45, 2.75) is 129 Å². The van der Waals surface area contributed by atoms with Crippen LogP contribution in [0.25, 0.3) is 0 Å². The van der Waals surface area contributed by atoms with Gasteiger partial charge in [0.25, 0.3) is 0 Å². The van der Waals surface area contributed by atoms with E-state index >= 15 is 0 Å². The second-order valence-corrected chi connectivity index (χ2v) is 15.5. The zero-order chi connectivity index (χ0) is 35.7. The van der Waals surface area contributed by atoms with E-state index in [0.29, 0.717) is 30.6 Å². The number of aliphatic hydroxyl groups is 1. The molecule has 2 aliphatic carbocycles. The van der Waals surface area contributed by atoms with Crippen LogP contribution in [0.1, 0.15) is 156 Å². The summed E-state index contributed by atoms with van der Waals surface area (Å²) in [6.45, 7) is 14.4. The average Bonchev–Trinajstić information content (AvgIpc) is 3.65. The van der Waals surface area contributed by atoms with Crippen molar-refractivity contribution in [3.63, 3.8) is 0 Å². The number of pyridine rings is 1. The Balaban J connectivity index is 0.000000588. The van der Waals surface area contributed by atoms with Crippen LogP contribution in [0.15, 0.2) is 18.2 Å². The number of nitrogens with zero attached hydrogens (tertiary/aromatic N) is 2. The molecule has 1 aromatic heterocycles. The standard InChI is InChI=1S/C31H36F3N2O4.C6H14.CH4S/c1-29(2)15-22-24(23(37)16-29)26-25(27(36(22)38-3)18-8-12-39-13-9-18)28(40-30(26)10-4-5-11-30)19-6-7-21(31(32,33)34)20(14-19)17-35;1-5-6(2,3)4;1-2/h6-7,14,18,23,28,37H,4-5,8-13,15-16H2,1-3H3;5H2,1-4H3;2H,1H3/q+1;;. The number of hydrogen-bond acceptors (Lipinski definition) is 6. The minimum atomic E-state index is -4.63. The maximum absolute atomic E-state index is 13.7. The number of nitriles is 1. The van der Waals surface area contributed by atoms with Gasteiger partial charge >= 0.3 is 6.18 Å². The molecule has 0 bridgehead atoms. The number of benzene rings is 1. The number of alkyl halides is 3. The molecule has 4 aliphatic rings. The molecule has 0 amide bonds. The molecule has 2 atom stereocenters. The van der Waals surface area contributed by atoms with E-state index in [1.807, 2.05) is 4.73 Å². The Morgan fingerprint density at radius 3 is 2.21 bits per heavy atom. The first-order valence-corrected chi connectivity index (χ1v) is 18.1. The first-order chi connectivity index (χ1) is 22.6. The van der Waals surface area contributed by atoms with E-state index in [1.165, 1.54) is 18.6 Å². The molecule has 1 spiro atoms. The van der Waals surface area contributed by atoms with Gasteiger partial charge in [-0.2, -0.15) is 31.1 Å². The average molecular weight is 692 g/mol. The summed E-state index contributed by atoms with van der Waals surface area (Å²) >= 11 is 3.53. The number of fused-ring (bicyclic) bond motifs is 4. The third kappa shape index (κ3) is 7.70. The fourth-order valence-corrected chi connectivity index (χ4v) is 7.74. The maximum atomic E-state index is 13.7. The number of aliphatic hydroxyl groups excluding tert-OH is 1. The monoisotopic (exact) mass is 691 g/mol. The lowest BCUT2D eigenvalue weighted by atomic mass is 9.70. The maximum Gasteiger partial charge on any atom is 0.417 e. The van der Waals surface area contributed by atoms with Crippen LogP contribution in [-0.2, 0) is 27.7 Å². The van der Waals surface area contributed by atoms with Crippen molar-refractivity contribution in [3.8, 4) is 6.07 Å². The number of hydrogen-bond donors (Lipinski definition) is 2. The van der Waals surface area contributed by atoms with Gasteiger partial charge in [-0.05, 0) is 66.9 Å². The van der Waals surface area contributed by atoms with Crippen molar-refractivity contribution in [3.05, 3.63) is 63.0 Å². The molecule has 1 N–H and O–H groups in total. The molecule has 2 aromatic rings. The highest BCUT2D eigenvalue weighted by Gasteiger charge is 2.57. The second kappa shape index (κ2) is 14.9. The van der Waals surface area contributed by atoms with Crippen LogP contribution in [0.3, 0.4) is 0 Å². The Labute approximate surface area is 290 Å². The van der Waals surface area contributed by atoms with Gasteiger partial charge in [0.15, 0.2) is 0 Å². The lowest BCUT2D eigenvalue weighted by Gasteiger charge is -2.36. The lowest BCUT2D eigenvalue weighted by Crippen LogP contribution is -2.54. The van der Waals surface area contributed by atoms with Crippen LogP contribution in [0.4, 0.5) is 13.2 Å². The van der Waals surface area contributed by atoms with E-state index in [4.69, 9.17) is 14.3 Å². The van der Waals surface area contributed by atoms with E-state index in [2.05, 4.69) is 54.2 Å². The van der Waals surface area contributed by atoms with Crippen LogP contribution in [-0.4, -0.2) is 31.7 Å². The molecule has 266 valence electrons. The molecule has 3 heterocycles. The van der Waals surface area contributed by atoms with Crippen LogP contribution >= 0.6 is 12.6 Å². The van der Waals surface area contributed by atoms with Crippen molar-refractivity contribution < 1.29 is 37.3 Å². The Morgan fingerprint density at radius 1 is 1.08 bits per heavy atom. The molecular weight excluding hydrogens is 637 g/mol. The highest BCUT2D eigenvalue weighted by molar-refractivity contribution is 7.79. The summed E-state index contributed by atoms with van der Waals surface area (Å²) in [7, 11) is 1.63. The minimum Gasteiger partial charge on any atom is -0.388 e. The third-order valence-electron chi connectivity index (χ3n) is 10.4. The van der Waals surface area contributed by atoms with E-state index < -0.39 is 35.1 Å². The topological polar surface area (TPSA) is 75.6 Å². The van der Waals surface area contributed by atoms with Crippen molar-refractivity contribution in [2.75, 3.05) is 26.6 Å². The van der Waals surface area contributed by atoms with E-state index in [-0.39, 0.29) is 11.3 Å². The number of aromatic nitrogens is 1. The summed E-state index contributed by atoms with van der Waals surface area (Å²) < 4.78 is 55.6. The van der Waals surface area contributed by atoms with Gasteiger partial charge in [0, 0.05) is 29.9 Å². The summed E-state index contributed by atoms with van der Waals surface area (Å²) in [5.74, 6) is 0.0856. The van der Waals surface area contributed by atoms with E-state index in [9.17, 15) is 23.5 Å². The van der Waals surface area contributed by atoms with Crippen molar-refractivity contribution in [1.82, 2.24) is 0 Å². The fourth-order valence-electron chi connectivity index (χ4n) is 7.74. The molecule has 2 fully saturated rings. The molecule has 6 rings (SSSR count). The van der Waals surface area contributed by atoms with Crippen LogP contribution in [0.2, 0.25) is 0 Å². The number of thiol groups is 1. The molecule has 48 heavy (non-hydrogen) atoms. The van der Waals surface area contributed by atoms with Crippen molar-refractivity contribution >= 4 is 12.6 Å². The van der Waals surface area contributed by atoms with Gasteiger partial charge in [-0.25, -0.2) is 0 Å². The molecule has 6 nitrogen and oxygen atoms in total. The van der Waals surface area contributed by atoms with Gasteiger partial charge in [0.1, 0.15) is 13.2 Å². The van der Waals surface area contributed by atoms with Crippen molar-refractivity contribution in [1.29, 1.82) is 5.26 Å². The minimum absolute atomic E-state index is 0.0856. The smallest absolute Gasteiger partial charge is 0.388 e. The largest absolute Gasteiger partial charge is 0.417 e. The number of ether oxygens (including phenoxy) is 2. The molecule has 10 heteroatoms. The highest BCUT2D eigenvalue weighted by Crippen LogP contribution is 2.59. The predicted octanol–water partition coefficient (Wildman–Crippen LogP) is 8.70. The van der Waals surface area contributed by atoms with Gasteiger partial charge < -0.3 is 14.6 Å². The van der Waals surface area contributed by atoms with Gasteiger partial charge in [-0.3, -0.25) is 4.84 Å². The van der Waals surface area contributed by atoms with Crippen LogP contribution in [0, 0.1) is 22.2 Å². The second-order valence-electron chi connectivity index (χ2n) is 15.5.